The molecule has 0 aliphatic rings. The lowest BCUT2D eigenvalue weighted by atomic mass is 10.1. The van der Waals surface area contributed by atoms with Crippen molar-refractivity contribution in [2.45, 2.75) is 10.6 Å². The first-order valence-electron chi connectivity index (χ1n) is 4.00. The summed E-state index contributed by atoms with van der Waals surface area (Å²) >= 11 is 5.32. The summed E-state index contributed by atoms with van der Waals surface area (Å²) in [4.78, 5) is 0. The van der Waals surface area contributed by atoms with Gasteiger partial charge in [-0.25, -0.2) is 4.39 Å². The minimum Gasteiger partial charge on any atom is -0.204 e. The molecule has 0 unspecified atom stereocenters. The summed E-state index contributed by atoms with van der Waals surface area (Å²) in [6.07, 6.45) is 0.310. The molecule has 0 amide bonds. The van der Waals surface area contributed by atoms with Crippen LogP contribution in [0.2, 0.25) is 0 Å². The van der Waals surface area contributed by atoms with E-state index in [4.69, 9.17) is 5.26 Å². The molecule has 1 aromatic carbocycles. The molecule has 14 heavy (non-hydrogen) atoms. The highest BCUT2D eigenvalue weighted by atomic mass is 32.2. The Morgan fingerprint density at radius 3 is 3.00 bits per heavy atom. The first kappa shape index (κ1) is 9.50. The predicted octanol–water partition coefficient (Wildman–Crippen LogP) is 3.40. The Labute approximate surface area is 90.2 Å². The Morgan fingerprint density at radius 2 is 2.29 bits per heavy atom. The number of benzene rings is 1. The number of hydrogen-bond acceptors (Lipinski definition) is 3. The van der Waals surface area contributed by atoms with E-state index in [1.165, 1.54) is 11.3 Å². The van der Waals surface area contributed by atoms with Crippen molar-refractivity contribution in [3.63, 3.8) is 0 Å². The van der Waals surface area contributed by atoms with E-state index in [2.05, 4.69) is 18.7 Å². The van der Waals surface area contributed by atoms with Crippen molar-refractivity contribution in [2.75, 3.05) is 0 Å². The maximum atomic E-state index is 13.4. The van der Waals surface area contributed by atoms with Crippen LogP contribution in [0.25, 0.3) is 10.1 Å². The van der Waals surface area contributed by atoms with Crippen molar-refractivity contribution in [3.8, 4) is 6.07 Å². The van der Waals surface area contributed by atoms with Gasteiger partial charge < -0.3 is 0 Å². The Bertz CT molecular complexity index is 525. The minimum atomic E-state index is -0.284. The molecule has 4 heteroatoms. The first-order chi connectivity index (χ1) is 6.74. The van der Waals surface area contributed by atoms with Gasteiger partial charge in [0.1, 0.15) is 0 Å². The normalized spacial score (nSPS) is 10.4. The van der Waals surface area contributed by atoms with Crippen molar-refractivity contribution in [3.05, 3.63) is 29.6 Å². The Morgan fingerprint density at radius 1 is 1.50 bits per heavy atom. The molecule has 0 radical (unpaired) electrons. The Kier molecular flexibility index (Phi) is 2.44. The quantitative estimate of drug-likeness (QED) is 0.736. The average molecular weight is 223 g/mol. The van der Waals surface area contributed by atoms with Crippen LogP contribution in [0.1, 0.15) is 5.56 Å². The number of thiol groups is 1. The second-order valence-electron chi connectivity index (χ2n) is 2.85. The van der Waals surface area contributed by atoms with Crippen LogP contribution in [0.5, 0.6) is 0 Å². The standard InChI is InChI=1S/C10H6FNS2/c11-8-7-3-1-2-6(4-5-12)9(7)14-10(8)13/h1-3,13H,4H2. The third-order valence-corrected chi connectivity index (χ3v) is 3.52. The van der Waals surface area contributed by atoms with Crippen molar-refractivity contribution in [2.24, 2.45) is 0 Å². The topological polar surface area (TPSA) is 23.8 Å². The van der Waals surface area contributed by atoms with E-state index in [1.54, 1.807) is 12.1 Å². The van der Waals surface area contributed by atoms with E-state index in [-0.39, 0.29) is 5.82 Å². The van der Waals surface area contributed by atoms with Gasteiger partial charge in [0.05, 0.1) is 16.7 Å². The maximum absolute atomic E-state index is 13.4. The van der Waals surface area contributed by atoms with E-state index in [9.17, 15) is 4.39 Å². The Hall–Kier alpha value is -1.05. The molecule has 0 atom stereocenters. The molecule has 2 aromatic rings. The largest absolute Gasteiger partial charge is 0.204 e. The molecule has 0 fully saturated rings. The van der Waals surface area contributed by atoms with E-state index in [0.717, 1.165) is 10.3 Å². The van der Waals surface area contributed by atoms with Gasteiger partial charge in [0.2, 0.25) is 0 Å². The third-order valence-electron chi connectivity index (χ3n) is 1.99. The Balaban J connectivity index is 2.76. The lowest BCUT2D eigenvalue weighted by molar-refractivity contribution is 0.624. The van der Waals surface area contributed by atoms with Crippen molar-refractivity contribution in [1.29, 1.82) is 5.26 Å². The first-order valence-corrected chi connectivity index (χ1v) is 5.26. The molecular weight excluding hydrogens is 217 g/mol. The molecule has 1 heterocycles. The fourth-order valence-corrected chi connectivity index (χ4v) is 2.69. The monoisotopic (exact) mass is 223 g/mol. The number of nitrogens with zero attached hydrogens (tertiary/aromatic N) is 1. The zero-order chi connectivity index (χ0) is 10.1. The highest BCUT2D eigenvalue weighted by Gasteiger charge is 2.11. The van der Waals surface area contributed by atoms with Crippen LogP contribution in [0.4, 0.5) is 4.39 Å². The third kappa shape index (κ3) is 1.39. The number of nitriles is 1. The summed E-state index contributed by atoms with van der Waals surface area (Å²) in [6.45, 7) is 0. The number of rotatable bonds is 1. The second-order valence-corrected chi connectivity index (χ2v) is 4.62. The zero-order valence-corrected chi connectivity index (χ0v) is 8.83. The van der Waals surface area contributed by atoms with Crippen LogP contribution in [0.15, 0.2) is 22.4 Å². The van der Waals surface area contributed by atoms with Crippen LogP contribution in [0.3, 0.4) is 0 Å². The number of halogens is 1. The van der Waals surface area contributed by atoms with E-state index in [1.807, 2.05) is 6.07 Å². The van der Waals surface area contributed by atoms with Crippen LogP contribution >= 0.6 is 24.0 Å². The molecule has 1 nitrogen and oxygen atoms in total. The summed E-state index contributed by atoms with van der Waals surface area (Å²) in [5.41, 5.74) is 0.870. The molecule has 0 saturated carbocycles. The molecule has 0 saturated heterocycles. The smallest absolute Gasteiger partial charge is 0.155 e. The molecule has 0 N–H and O–H groups in total. The molecule has 1 aromatic heterocycles. The van der Waals surface area contributed by atoms with Gasteiger partial charge in [-0.2, -0.15) is 5.26 Å². The van der Waals surface area contributed by atoms with Crippen molar-refractivity contribution < 1.29 is 4.39 Å². The number of fused-ring (bicyclic) bond motifs is 1. The van der Waals surface area contributed by atoms with Gasteiger partial charge in [-0.3, -0.25) is 0 Å². The fourth-order valence-electron chi connectivity index (χ4n) is 1.36. The summed E-state index contributed by atoms with van der Waals surface area (Å²) in [5, 5.41) is 9.16. The summed E-state index contributed by atoms with van der Waals surface area (Å²) in [7, 11) is 0. The molecule has 0 bridgehead atoms. The predicted molar refractivity (Wildman–Crippen MR) is 58.4 cm³/mol. The molecule has 0 spiro atoms. The molecule has 0 aliphatic heterocycles. The molecule has 0 aliphatic carbocycles. The molecule has 70 valence electrons. The van der Waals surface area contributed by atoms with Crippen molar-refractivity contribution in [1.82, 2.24) is 0 Å². The van der Waals surface area contributed by atoms with E-state index < -0.39 is 0 Å². The maximum Gasteiger partial charge on any atom is 0.155 e. The highest BCUT2D eigenvalue weighted by Crippen LogP contribution is 2.34. The summed E-state index contributed by atoms with van der Waals surface area (Å²) in [6, 6.07) is 7.38. The molecular formula is C10H6FNS2. The van der Waals surface area contributed by atoms with Gasteiger partial charge in [0, 0.05) is 10.1 Å². The number of thiophene rings is 1. The number of hydrogen-bond donors (Lipinski definition) is 1. The van der Waals surface area contributed by atoms with E-state index >= 15 is 0 Å². The van der Waals surface area contributed by atoms with Gasteiger partial charge in [0.25, 0.3) is 0 Å². The lowest BCUT2D eigenvalue weighted by Gasteiger charge is -1.95. The van der Waals surface area contributed by atoms with Gasteiger partial charge in [0.15, 0.2) is 5.82 Å². The zero-order valence-electron chi connectivity index (χ0n) is 7.12. The van der Waals surface area contributed by atoms with Gasteiger partial charge >= 0.3 is 0 Å². The summed E-state index contributed by atoms with van der Waals surface area (Å²) < 4.78 is 14.6. The van der Waals surface area contributed by atoms with Crippen LogP contribution < -0.4 is 0 Å². The SMILES string of the molecule is N#CCc1cccc2c(F)c(S)sc12. The summed E-state index contributed by atoms with van der Waals surface area (Å²) in [5.74, 6) is -0.284. The van der Waals surface area contributed by atoms with Crippen molar-refractivity contribution >= 4 is 34.1 Å². The molecule has 2 rings (SSSR count). The highest BCUT2D eigenvalue weighted by molar-refractivity contribution is 7.83. The van der Waals surface area contributed by atoms with Crippen LogP contribution in [-0.4, -0.2) is 0 Å². The lowest BCUT2D eigenvalue weighted by Crippen LogP contribution is -1.80. The van der Waals surface area contributed by atoms with Crippen LogP contribution in [-0.2, 0) is 6.42 Å². The van der Waals surface area contributed by atoms with Gasteiger partial charge in [-0.1, -0.05) is 18.2 Å². The van der Waals surface area contributed by atoms with E-state index in [0.29, 0.717) is 16.0 Å². The average Bonchev–Trinajstić information content (AvgIpc) is 2.46. The second kappa shape index (κ2) is 3.60. The fraction of sp³-hybridized carbons (Fsp3) is 0.100. The van der Waals surface area contributed by atoms with Crippen LogP contribution in [0, 0.1) is 17.1 Å². The minimum absolute atomic E-state index is 0.284. The van der Waals surface area contributed by atoms with Gasteiger partial charge in [-0.15, -0.1) is 24.0 Å². The van der Waals surface area contributed by atoms with Gasteiger partial charge in [-0.05, 0) is 5.56 Å².